The molecule has 1 atom stereocenters. The Kier molecular flexibility index (Phi) is 9.50. The quantitative estimate of drug-likeness (QED) is 0.551. The van der Waals surface area contributed by atoms with Crippen molar-refractivity contribution in [2.45, 2.75) is 12.6 Å². The zero-order valence-corrected chi connectivity index (χ0v) is 17.3. The second-order valence-electron chi connectivity index (χ2n) is 7.33. The number of rotatable bonds is 12. The lowest BCUT2D eigenvalue weighted by atomic mass is 10.2. The lowest BCUT2D eigenvalue weighted by Crippen LogP contribution is -2.47. The van der Waals surface area contributed by atoms with Gasteiger partial charge in [0.25, 0.3) is 0 Å². The van der Waals surface area contributed by atoms with Crippen LogP contribution in [0.1, 0.15) is 5.56 Å². The van der Waals surface area contributed by atoms with E-state index in [0.29, 0.717) is 18.0 Å². The highest BCUT2D eigenvalue weighted by Gasteiger charge is 2.18. The summed E-state index contributed by atoms with van der Waals surface area (Å²) >= 11 is 0. The summed E-state index contributed by atoms with van der Waals surface area (Å²) in [4.78, 5) is 6.82. The summed E-state index contributed by atoms with van der Waals surface area (Å²) in [6.07, 6.45) is 3.24. The normalized spacial score (nSPS) is 16.7. The van der Waals surface area contributed by atoms with Crippen LogP contribution in [-0.4, -0.2) is 92.5 Å². The number of benzene rings is 1. The Balaban J connectivity index is 1.93. The third-order valence-corrected chi connectivity index (χ3v) is 4.90. The predicted molar refractivity (Wildman–Crippen MR) is 114 cm³/mol. The van der Waals surface area contributed by atoms with Crippen molar-refractivity contribution >= 4 is 0 Å². The van der Waals surface area contributed by atoms with Gasteiger partial charge in [-0.2, -0.15) is 0 Å². The molecule has 1 aliphatic rings. The van der Waals surface area contributed by atoms with Gasteiger partial charge in [0.15, 0.2) is 11.5 Å². The van der Waals surface area contributed by atoms with E-state index in [1.54, 1.807) is 7.11 Å². The summed E-state index contributed by atoms with van der Waals surface area (Å²) in [6.45, 7) is 14.9. The molecular formula is C22H35N3O3. The Hall–Kier alpha value is -1.86. The summed E-state index contributed by atoms with van der Waals surface area (Å²) < 4.78 is 11.3. The van der Waals surface area contributed by atoms with Crippen LogP contribution in [0.2, 0.25) is 0 Å². The van der Waals surface area contributed by atoms with Crippen LogP contribution in [0.5, 0.6) is 11.5 Å². The van der Waals surface area contributed by atoms with Gasteiger partial charge in [-0.1, -0.05) is 18.2 Å². The number of piperazine rings is 1. The topological polar surface area (TPSA) is 48.4 Å². The van der Waals surface area contributed by atoms with Crippen molar-refractivity contribution in [1.29, 1.82) is 0 Å². The van der Waals surface area contributed by atoms with E-state index in [2.05, 4.69) is 34.9 Å². The number of aliphatic hydroxyl groups is 1. The van der Waals surface area contributed by atoms with Crippen molar-refractivity contribution in [2.24, 2.45) is 0 Å². The standard InChI is InChI=1S/C22H35N3O3/c1-5-9-24(10-6-2)16-19-7-8-21(27-4)22(15-19)28-18-20(26)17-25-13-11-23(3)12-14-25/h5-8,15,20,26H,1-2,9-14,16-18H2,3-4H3/t20-/m1/s1. The Labute approximate surface area is 169 Å². The summed E-state index contributed by atoms with van der Waals surface area (Å²) in [5.41, 5.74) is 1.12. The molecular weight excluding hydrogens is 354 g/mol. The van der Waals surface area contributed by atoms with Crippen LogP contribution >= 0.6 is 0 Å². The molecule has 2 rings (SSSR count). The van der Waals surface area contributed by atoms with Crippen molar-refractivity contribution in [2.75, 3.05) is 66.6 Å². The number of hydrogen-bond acceptors (Lipinski definition) is 6. The predicted octanol–water partition coefficient (Wildman–Crippen LogP) is 1.86. The summed E-state index contributed by atoms with van der Waals surface area (Å²) in [6, 6.07) is 5.93. The molecule has 1 heterocycles. The van der Waals surface area contributed by atoms with Gasteiger partial charge in [-0.05, 0) is 24.7 Å². The second-order valence-corrected chi connectivity index (χ2v) is 7.33. The number of ether oxygens (including phenoxy) is 2. The number of aliphatic hydroxyl groups excluding tert-OH is 1. The van der Waals surface area contributed by atoms with E-state index >= 15 is 0 Å². The number of β-amino-alcohol motifs (C(OH)–C–C–N with tert-alkyl or cyclic N) is 1. The molecule has 156 valence electrons. The maximum absolute atomic E-state index is 10.4. The first-order valence-corrected chi connectivity index (χ1v) is 9.88. The molecule has 1 fully saturated rings. The van der Waals surface area contributed by atoms with Crippen LogP contribution in [0, 0.1) is 0 Å². The largest absolute Gasteiger partial charge is 0.493 e. The molecule has 1 aromatic rings. The smallest absolute Gasteiger partial charge is 0.161 e. The van der Waals surface area contributed by atoms with Gasteiger partial charge in [0.2, 0.25) is 0 Å². The lowest BCUT2D eigenvalue weighted by Gasteiger charge is -2.33. The average Bonchev–Trinajstić information content (AvgIpc) is 2.69. The molecule has 1 N–H and O–H groups in total. The van der Waals surface area contributed by atoms with Crippen molar-refractivity contribution in [3.8, 4) is 11.5 Å². The van der Waals surface area contributed by atoms with Gasteiger partial charge in [-0.15, -0.1) is 13.2 Å². The van der Waals surface area contributed by atoms with Gasteiger partial charge in [-0.25, -0.2) is 0 Å². The lowest BCUT2D eigenvalue weighted by molar-refractivity contribution is 0.0497. The average molecular weight is 390 g/mol. The van der Waals surface area contributed by atoms with Gasteiger partial charge in [0.1, 0.15) is 12.7 Å². The van der Waals surface area contributed by atoms with Crippen LogP contribution in [0.4, 0.5) is 0 Å². The van der Waals surface area contributed by atoms with Crippen LogP contribution in [0.25, 0.3) is 0 Å². The fourth-order valence-corrected chi connectivity index (χ4v) is 3.33. The fraction of sp³-hybridized carbons (Fsp3) is 0.545. The molecule has 0 aromatic heterocycles. The fourth-order valence-electron chi connectivity index (χ4n) is 3.33. The molecule has 1 aliphatic heterocycles. The monoisotopic (exact) mass is 389 g/mol. The zero-order chi connectivity index (χ0) is 20.4. The first-order valence-electron chi connectivity index (χ1n) is 9.88. The number of methoxy groups -OCH3 is 1. The highest BCUT2D eigenvalue weighted by molar-refractivity contribution is 5.43. The molecule has 0 unspecified atom stereocenters. The molecule has 0 saturated carbocycles. The maximum Gasteiger partial charge on any atom is 0.161 e. The molecule has 0 aliphatic carbocycles. The summed E-state index contributed by atoms with van der Waals surface area (Å²) in [7, 11) is 3.76. The van der Waals surface area contributed by atoms with E-state index in [4.69, 9.17) is 9.47 Å². The number of likely N-dealkylation sites (N-methyl/N-ethyl adjacent to an activating group) is 1. The van der Waals surface area contributed by atoms with Gasteiger partial charge in [0, 0.05) is 52.4 Å². The van der Waals surface area contributed by atoms with E-state index in [1.807, 2.05) is 30.4 Å². The summed E-state index contributed by atoms with van der Waals surface area (Å²) in [5.74, 6) is 1.34. The van der Waals surface area contributed by atoms with Crippen molar-refractivity contribution in [3.05, 3.63) is 49.1 Å². The van der Waals surface area contributed by atoms with Gasteiger partial charge in [0.05, 0.1) is 7.11 Å². The third kappa shape index (κ3) is 7.28. The minimum atomic E-state index is -0.533. The maximum atomic E-state index is 10.4. The number of hydrogen-bond donors (Lipinski definition) is 1. The van der Waals surface area contributed by atoms with E-state index in [9.17, 15) is 5.11 Å². The van der Waals surface area contributed by atoms with E-state index in [-0.39, 0.29) is 6.61 Å². The van der Waals surface area contributed by atoms with Crippen molar-refractivity contribution < 1.29 is 14.6 Å². The van der Waals surface area contributed by atoms with Gasteiger partial charge in [-0.3, -0.25) is 9.80 Å². The second kappa shape index (κ2) is 11.9. The molecule has 0 bridgehead atoms. The van der Waals surface area contributed by atoms with E-state index < -0.39 is 6.10 Å². The Morgan fingerprint density at radius 2 is 1.82 bits per heavy atom. The first-order chi connectivity index (χ1) is 13.5. The van der Waals surface area contributed by atoms with Crippen molar-refractivity contribution in [3.63, 3.8) is 0 Å². The minimum absolute atomic E-state index is 0.245. The third-order valence-electron chi connectivity index (χ3n) is 4.90. The molecule has 0 spiro atoms. The van der Waals surface area contributed by atoms with Crippen LogP contribution < -0.4 is 9.47 Å². The molecule has 1 saturated heterocycles. The number of nitrogens with zero attached hydrogens (tertiary/aromatic N) is 3. The first kappa shape index (κ1) is 22.4. The Morgan fingerprint density at radius 1 is 1.14 bits per heavy atom. The molecule has 1 aromatic carbocycles. The van der Waals surface area contributed by atoms with Crippen molar-refractivity contribution in [1.82, 2.24) is 14.7 Å². The van der Waals surface area contributed by atoms with Gasteiger partial charge < -0.3 is 19.5 Å². The highest BCUT2D eigenvalue weighted by Crippen LogP contribution is 2.28. The molecule has 0 radical (unpaired) electrons. The Bertz CT molecular complexity index is 605. The Morgan fingerprint density at radius 3 is 2.43 bits per heavy atom. The molecule has 0 amide bonds. The van der Waals surface area contributed by atoms with E-state index in [1.165, 1.54) is 0 Å². The molecule has 6 heteroatoms. The van der Waals surface area contributed by atoms with Crippen LogP contribution in [0.15, 0.2) is 43.5 Å². The van der Waals surface area contributed by atoms with E-state index in [0.717, 1.165) is 51.4 Å². The molecule has 28 heavy (non-hydrogen) atoms. The van der Waals surface area contributed by atoms with Crippen LogP contribution in [-0.2, 0) is 6.54 Å². The molecule has 6 nitrogen and oxygen atoms in total. The SMILES string of the molecule is C=CCN(CC=C)Cc1ccc(OC)c(OC[C@H](O)CN2CCN(C)CC2)c1. The highest BCUT2D eigenvalue weighted by atomic mass is 16.5. The van der Waals surface area contributed by atoms with Crippen LogP contribution in [0.3, 0.4) is 0 Å². The van der Waals surface area contributed by atoms with Gasteiger partial charge >= 0.3 is 0 Å². The minimum Gasteiger partial charge on any atom is -0.493 e. The zero-order valence-electron chi connectivity index (χ0n) is 17.3. The summed E-state index contributed by atoms with van der Waals surface area (Å²) in [5, 5.41) is 10.4.